The number of esters is 3. The lowest BCUT2D eigenvalue weighted by molar-refractivity contribution is -0.165. The quantitative estimate of drug-likeness (QED) is 0.378. The van der Waals surface area contributed by atoms with Gasteiger partial charge in [-0.15, -0.1) is 5.10 Å². The average Bonchev–Trinajstić information content (AvgIpc) is 3.33. The third-order valence-corrected chi connectivity index (χ3v) is 4.90. The van der Waals surface area contributed by atoms with Crippen molar-refractivity contribution in [2.45, 2.75) is 58.7 Å². The molecule has 0 aliphatic carbocycles. The van der Waals surface area contributed by atoms with Crippen molar-refractivity contribution in [3.63, 3.8) is 0 Å². The summed E-state index contributed by atoms with van der Waals surface area (Å²) in [7, 11) is 1.21. The molecule has 0 radical (unpaired) electrons. The molecule has 4 atom stereocenters. The fourth-order valence-electron chi connectivity index (χ4n) is 3.41. The average molecular weight is 455 g/mol. The molecule has 0 bridgehead atoms. The van der Waals surface area contributed by atoms with E-state index in [4.69, 9.17) is 18.9 Å². The molecular weight excluding hydrogens is 430 g/mol. The number of rotatable bonds is 5. The minimum absolute atomic E-state index is 0.0939. The summed E-state index contributed by atoms with van der Waals surface area (Å²) < 4.78 is 22.9. The molecule has 0 saturated carbocycles. The standard InChI is InChI=1S/C23H25N3O7/c1-6-17-19(31-14(3)27)20(32-15(4)28)22(33-17)26-18(24-21(25-26)23(29)30-5)12-11-16-9-7-13(2)8-10-16/h7-10,17,19-20,22H,6H2,1-5H3/t17-,19?,20+,22-/m1/s1. The van der Waals surface area contributed by atoms with Crippen molar-refractivity contribution in [2.24, 2.45) is 0 Å². The van der Waals surface area contributed by atoms with E-state index < -0.39 is 42.4 Å². The smallest absolute Gasteiger partial charge is 0.378 e. The summed E-state index contributed by atoms with van der Waals surface area (Å²) in [5, 5.41) is 4.20. The minimum atomic E-state index is -1.03. The van der Waals surface area contributed by atoms with Gasteiger partial charge in [-0.1, -0.05) is 30.5 Å². The van der Waals surface area contributed by atoms with E-state index in [-0.39, 0.29) is 11.6 Å². The maximum Gasteiger partial charge on any atom is 0.378 e. The van der Waals surface area contributed by atoms with Gasteiger partial charge in [-0.05, 0) is 31.4 Å². The molecule has 0 N–H and O–H groups in total. The summed E-state index contributed by atoms with van der Waals surface area (Å²) in [6.45, 7) is 6.30. The Kier molecular flexibility index (Phi) is 7.45. The first kappa shape index (κ1) is 23.9. The molecule has 1 unspecified atom stereocenters. The fraction of sp³-hybridized carbons (Fsp3) is 0.435. The van der Waals surface area contributed by atoms with Gasteiger partial charge in [-0.25, -0.2) is 9.48 Å². The number of carbonyl (C=O) groups excluding carboxylic acids is 3. The molecule has 10 nitrogen and oxygen atoms in total. The Morgan fingerprint density at radius 2 is 1.70 bits per heavy atom. The largest absolute Gasteiger partial charge is 0.463 e. The van der Waals surface area contributed by atoms with E-state index in [1.807, 2.05) is 38.1 Å². The molecule has 10 heteroatoms. The maximum atomic E-state index is 12.1. The zero-order valence-electron chi connectivity index (χ0n) is 19.0. The Morgan fingerprint density at radius 1 is 1.06 bits per heavy atom. The molecule has 1 aliphatic heterocycles. The van der Waals surface area contributed by atoms with Crippen LogP contribution in [0.1, 0.15) is 61.0 Å². The lowest BCUT2D eigenvalue weighted by Crippen LogP contribution is -2.39. The van der Waals surface area contributed by atoms with Gasteiger partial charge in [0.05, 0.1) is 7.11 Å². The Balaban J connectivity index is 2.07. The van der Waals surface area contributed by atoms with Crippen molar-refractivity contribution >= 4 is 17.9 Å². The number of aryl methyl sites for hydroxylation is 1. The SMILES string of the molecule is CC[C@H]1O[C@@H](n2nc(C(=O)OC)nc2C#Cc2ccc(C)cc2)[C@@H](OC(C)=O)C1OC(C)=O. The van der Waals surface area contributed by atoms with Crippen molar-refractivity contribution in [3.8, 4) is 11.8 Å². The monoisotopic (exact) mass is 455 g/mol. The highest BCUT2D eigenvalue weighted by Gasteiger charge is 2.50. The Labute approximate surface area is 191 Å². The molecule has 1 aromatic heterocycles. The molecule has 1 fully saturated rings. The van der Waals surface area contributed by atoms with E-state index in [0.717, 1.165) is 11.1 Å². The van der Waals surface area contributed by atoms with Crippen LogP contribution in [0.15, 0.2) is 24.3 Å². The van der Waals surface area contributed by atoms with Crippen molar-refractivity contribution in [1.82, 2.24) is 14.8 Å². The Morgan fingerprint density at radius 3 is 2.27 bits per heavy atom. The van der Waals surface area contributed by atoms with E-state index >= 15 is 0 Å². The van der Waals surface area contributed by atoms with Crippen LogP contribution in [0.4, 0.5) is 0 Å². The van der Waals surface area contributed by atoms with Gasteiger partial charge in [0.2, 0.25) is 5.82 Å². The Hall–Kier alpha value is -3.71. The number of hydrogen-bond donors (Lipinski definition) is 0. The highest BCUT2D eigenvalue weighted by Crippen LogP contribution is 2.35. The van der Waals surface area contributed by atoms with Gasteiger partial charge in [0, 0.05) is 19.4 Å². The van der Waals surface area contributed by atoms with Crippen molar-refractivity contribution < 1.29 is 33.3 Å². The number of ether oxygens (including phenoxy) is 4. The van der Waals surface area contributed by atoms with Crippen LogP contribution in [-0.2, 0) is 28.5 Å². The fourth-order valence-corrected chi connectivity index (χ4v) is 3.41. The third kappa shape index (κ3) is 5.56. The van der Waals surface area contributed by atoms with Gasteiger partial charge in [-0.3, -0.25) is 9.59 Å². The van der Waals surface area contributed by atoms with E-state index in [1.165, 1.54) is 25.6 Å². The molecule has 1 aromatic carbocycles. The van der Waals surface area contributed by atoms with Crippen LogP contribution >= 0.6 is 0 Å². The second kappa shape index (κ2) is 10.3. The van der Waals surface area contributed by atoms with Crippen molar-refractivity contribution in [1.29, 1.82) is 0 Å². The van der Waals surface area contributed by atoms with Gasteiger partial charge in [0.1, 0.15) is 6.10 Å². The molecular formula is C23H25N3O7. The van der Waals surface area contributed by atoms with Gasteiger partial charge in [0.25, 0.3) is 5.82 Å². The molecule has 1 aliphatic rings. The number of benzene rings is 1. The molecule has 2 aromatic rings. The number of carbonyl (C=O) groups is 3. The van der Waals surface area contributed by atoms with Crippen molar-refractivity contribution in [2.75, 3.05) is 7.11 Å². The lowest BCUT2D eigenvalue weighted by atomic mass is 10.1. The van der Waals surface area contributed by atoms with Crippen LogP contribution in [0.3, 0.4) is 0 Å². The summed E-state index contributed by atoms with van der Waals surface area (Å²) in [6, 6.07) is 7.53. The molecule has 1 saturated heterocycles. The van der Waals surface area contributed by atoms with Crippen LogP contribution < -0.4 is 0 Å². The number of aromatic nitrogens is 3. The topological polar surface area (TPSA) is 119 Å². The first-order valence-electron chi connectivity index (χ1n) is 10.4. The highest BCUT2D eigenvalue weighted by molar-refractivity contribution is 5.85. The minimum Gasteiger partial charge on any atom is -0.463 e. The van der Waals surface area contributed by atoms with E-state index in [2.05, 4.69) is 21.9 Å². The zero-order chi connectivity index (χ0) is 24.1. The molecule has 0 amide bonds. The maximum absolute atomic E-state index is 12.1. The predicted molar refractivity (Wildman–Crippen MR) is 114 cm³/mol. The number of methoxy groups -OCH3 is 1. The summed E-state index contributed by atoms with van der Waals surface area (Å²) in [5.74, 6) is 3.81. The Bertz CT molecular complexity index is 1100. The molecule has 3 rings (SSSR count). The van der Waals surface area contributed by atoms with Crippen molar-refractivity contribution in [3.05, 3.63) is 47.0 Å². The zero-order valence-corrected chi connectivity index (χ0v) is 19.0. The van der Waals surface area contributed by atoms with Crippen LogP contribution in [-0.4, -0.2) is 58.1 Å². The van der Waals surface area contributed by atoms with Gasteiger partial charge >= 0.3 is 17.9 Å². The first-order chi connectivity index (χ1) is 15.7. The van der Waals surface area contributed by atoms with Crippen LogP contribution in [0.5, 0.6) is 0 Å². The number of hydrogen-bond acceptors (Lipinski definition) is 9. The van der Waals surface area contributed by atoms with Gasteiger partial charge in [-0.2, -0.15) is 4.98 Å². The second-order valence-corrected chi connectivity index (χ2v) is 7.43. The van der Waals surface area contributed by atoms with Crippen LogP contribution in [0, 0.1) is 18.8 Å². The van der Waals surface area contributed by atoms with E-state index in [9.17, 15) is 14.4 Å². The van der Waals surface area contributed by atoms with E-state index in [0.29, 0.717) is 6.42 Å². The number of nitrogens with zero attached hydrogens (tertiary/aromatic N) is 3. The third-order valence-electron chi connectivity index (χ3n) is 4.90. The molecule has 2 heterocycles. The second-order valence-electron chi connectivity index (χ2n) is 7.43. The van der Waals surface area contributed by atoms with Crippen LogP contribution in [0.2, 0.25) is 0 Å². The highest BCUT2D eigenvalue weighted by atomic mass is 16.6. The normalized spacial score (nSPS) is 21.6. The first-order valence-corrected chi connectivity index (χ1v) is 10.4. The van der Waals surface area contributed by atoms with Crippen LogP contribution in [0.25, 0.3) is 0 Å². The predicted octanol–water partition coefficient (Wildman–Crippen LogP) is 1.94. The molecule has 33 heavy (non-hydrogen) atoms. The van der Waals surface area contributed by atoms with E-state index in [1.54, 1.807) is 0 Å². The summed E-state index contributed by atoms with van der Waals surface area (Å²) in [4.78, 5) is 39.8. The molecule has 0 spiro atoms. The molecule has 174 valence electrons. The summed E-state index contributed by atoms with van der Waals surface area (Å²) in [6.07, 6.45) is -3.04. The summed E-state index contributed by atoms with van der Waals surface area (Å²) >= 11 is 0. The van der Waals surface area contributed by atoms with Gasteiger partial charge < -0.3 is 18.9 Å². The van der Waals surface area contributed by atoms with Gasteiger partial charge in [0.15, 0.2) is 18.4 Å². The lowest BCUT2D eigenvalue weighted by Gasteiger charge is -2.23. The summed E-state index contributed by atoms with van der Waals surface area (Å²) in [5.41, 5.74) is 1.81.